The van der Waals surface area contributed by atoms with Gasteiger partial charge < -0.3 is 29.3 Å². The van der Waals surface area contributed by atoms with E-state index in [0.29, 0.717) is 63.0 Å². The molecule has 3 atom stereocenters. The first-order valence-electron chi connectivity index (χ1n) is 16.2. The van der Waals surface area contributed by atoms with Crippen molar-refractivity contribution < 1.29 is 29.0 Å². The van der Waals surface area contributed by atoms with Gasteiger partial charge in [0.1, 0.15) is 0 Å². The summed E-state index contributed by atoms with van der Waals surface area (Å²) in [6, 6.07) is 6.07. The number of halogens is 1. The van der Waals surface area contributed by atoms with E-state index in [4.69, 9.17) is 21.1 Å². The van der Waals surface area contributed by atoms with Gasteiger partial charge in [0.15, 0.2) is 5.69 Å². The first kappa shape index (κ1) is 35.6. The van der Waals surface area contributed by atoms with Crippen molar-refractivity contribution in [3.8, 4) is 5.69 Å². The standard InChI is InChI=1S/C33H49ClN6O6/c1-22(2)20-38(31(42)28-26(9-7-8-16-45-6)40(36-35-28)25-12-10-24(34)11-13-25)27-19-23(30(41)37-14-17-46-18-15-37)21-39(32(43)44)29(27)33(3,4)5/h10-13,22-23,27,29H,7-9,14-21H2,1-6H3,(H,43,44)/t23-,27+,29?/m1/s1. The molecule has 3 amide bonds. The van der Waals surface area contributed by atoms with Crippen molar-refractivity contribution in [3.63, 3.8) is 0 Å². The number of amides is 3. The predicted octanol–water partition coefficient (Wildman–Crippen LogP) is 4.63. The first-order valence-corrected chi connectivity index (χ1v) is 16.6. The molecule has 0 bridgehead atoms. The van der Waals surface area contributed by atoms with Gasteiger partial charge in [0.2, 0.25) is 5.91 Å². The molecule has 2 fully saturated rings. The quantitative estimate of drug-likeness (QED) is 0.346. The molecule has 1 N–H and O–H groups in total. The Bertz CT molecular complexity index is 1340. The molecule has 1 aromatic carbocycles. The molecule has 1 unspecified atom stereocenters. The van der Waals surface area contributed by atoms with Crippen LogP contribution < -0.4 is 0 Å². The molecule has 0 aliphatic carbocycles. The van der Waals surface area contributed by atoms with E-state index in [9.17, 15) is 19.5 Å². The van der Waals surface area contributed by atoms with E-state index in [1.54, 1.807) is 33.7 Å². The summed E-state index contributed by atoms with van der Waals surface area (Å²) in [5, 5.41) is 19.9. The fourth-order valence-electron chi connectivity index (χ4n) is 6.73. The maximum Gasteiger partial charge on any atom is 0.407 e. The lowest BCUT2D eigenvalue weighted by Crippen LogP contribution is -2.66. The molecule has 2 aliphatic heterocycles. The van der Waals surface area contributed by atoms with Crippen molar-refractivity contribution in [3.05, 3.63) is 40.7 Å². The summed E-state index contributed by atoms with van der Waals surface area (Å²) in [6.07, 6.45) is 1.31. The zero-order valence-corrected chi connectivity index (χ0v) is 28.7. The van der Waals surface area contributed by atoms with E-state index in [1.807, 2.05) is 46.8 Å². The zero-order chi connectivity index (χ0) is 33.6. The van der Waals surface area contributed by atoms with Gasteiger partial charge in [-0.2, -0.15) is 0 Å². The van der Waals surface area contributed by atoms with Crippen LogP contribution in [0.25, 0.3) is 5.69 Å². The number of carbonyl (C=O) groups is 3. The van der Waals surface area contributed by atoms with Crippen molar-refractivity contribution >= 4 is 29.5 Å². The second-order valence-electron chi connectivity index (χ2n) is 13.8. The number of hydrogen-bond acceptors (Lipinski definition) is 7. The van der Waals surface area contributed by atoms with Crippen LogP contribution in [0.5, 0.6) is 0 Å². The average Bonchev–Trinajstić information content (AvgIpc) is 3.44. The number of hydrogen-bond donors (Lipinski definition) is 1. The van der Waals surface area contributed by atoms with Crippen molar-refractivity contribution in [1.82, 2.24) is 29.7 Å². The second-order valence-corrected chi connectivity index (χ2v) is 14.2. The topological polar surface area (TPSA) is 130 Å². The maximum absolute atomic E-state index is 14.8. The lowest BCUT2D eigenvalue weighted by atomic mass is 9.74. The number of rotatable bonds is 11. The number of carboxylic acid groups (broad SMARTS) is 1. The van der Waals surface area contributed by atoms with Gasteiger partial charge in [-0.15, -0.1) is 5.10 Å². The Morgan fingerprint density at radius 3 is 2.39 bits per heavy atom. The van der Waals surface area contributed by atoms with Crippen molar-refractivity contribution in [2.24, 2.45) is 17.3 Å². The number of ether oxygens (including phenoxy) is 2. The highest BCUT2D eigenvalue weighted by atomic mass is 35.5. The Hall–Kier alpha value is -3.22. The van der Waals surface area contributed by atoms with E-state index in [2.05, 4.69) is 10.3 Å². The third kappa shape index (κ3) is 8.38. The van der Waals surface area contributed by atoms with Crippen molar-refractivity contribution in [1.29, 1.82) is 0 Å². The minimum atomic E-state index is -1.10. The molecule has 0 spiro atoms. The highest BCUT2D eigenvalue weighted by Crippen LogP contribution is 2.38. The summed E-state index contributed by atoms with van der Waals surface area (Å²) >= 11 is 6.16. The van der Waals surface area contributed by atoms with E-state index >= 15 is 0 Å². The van der Waals surface area contributed by atoms with Crippen LogP contribution in [0.2, 0.25) is 5.02 Å². The summed E-state index contributed by atoms with van der Waals surface area (Å²) < 4.78 is 12.4. The third-order valence-corrected chi connectivity index (χ3v) is 8.97. The van der Waals surface area contributed by atoms with Crippen molar-refractivity contribution in [2.45, 2.75) is 72.4 Å². The minimum Gasteiger partial charge on any atom is -0.465 e. The number of carbonyl (C=O) groups excluding carboxylic acids is 2. The molecule has 3 heterocycles. The normalized spacial score (nSPS) is 20.7. The van der Waals surface area contributed by atoms with E-state index in [1.165, 1.54) is 4.90 Å². The van der Waals surface area contributed by atoms with Gasteiger partial charge in [-0.25, -0.2) is 9.48 Å². The molecule has 0 saturated carbocycles. The van der Waals surface area contributed by atoms with Crippen LogP contribution in [0, 0.1) is 17.3 Å². The second kappa shape index (κ2) is 15.6. The minimum absolute atomic E-state index is 0.0645. The van der Waals surface area contributed by atoms with Gasteiger partial charge in [0.25, 0.3) is 5.91 Å². The van der Waals surface area contributed by atoms with E-state index < -0.39 is 29.5 Å². The Labute approximate surface area is 276 Å². The molecule has 2 aliphatic rings. The molecule has 1 aromatic heterocycles. The highest BCUT2D eigenvalue weighted by Gasteiger charge is 2.50. The number of aromatic nitrogens is 3. The number of piperidine rings is 1. The van der Waals surface area contributed by atoms with Gasteiger partial charge in [0.05, 0.1) is 42.6 Å². The summed E-state index contributed by atoms with van der Waals surface area (Å²) in [5.74, 6) is -0.954. The Morgan fingerprint density at radius 2 is 1.80 bits per heavy atom. The van der Waals surface area contributed by atoms with Gasteiger partial charge in [-0.3, -0.25) is 9.59 Å². The maximum atomic E-state index is 14.8. The summed E-state index contributed by atoms with van der Waals surface area (Å²) in [5.41, 5.74) is 1.09. The van der Waals surface area contributed by atoms with Gasteiger partial charge in [0, 0.05) is 44.9 Å². The average molecular weight is 661 g/mol. The molecule has 2 saturated heterocycles. The molecule has 46 heavy (non-hydrogen) atoms. The largest absolute Gasteiger partial charge is 0.465 e. The molecule has 254 valence electrons. The number of nitrogens with zero attached hydrogens (tertiary/aromatic N) is 6. The SMILES string of the molecule is COCCCCc1c(C(=O)N(CC(C)C)[C@H]2C[C@@H](C(=O)N3CCOCC3)CN(C(=O)O)C2C(C)(C)C)nnn1-c1ccc(Cl)cc1. The van der Waals surface area contributed by atoms with Crippen molar-refractivity contribution in [2.75, 3.05) is 53.1 Å². The smallest absolute Gasteiger partial charge is 0.407 e. The summed E-state index contributed by atoms with van der Waals surface area (Å²) in [6.45, 7) is 12.9. The van der Waals surface area contributed by atoms with Crippen LogP contribution in [0.3, 0.4) is 0 Å². The van der Waals surface area contributed by atoms with Gasteiger partial charge in [-0.1, -0.05) is 51.4 Å². The van der Waals surface area contributed by atoms with Crippen LogP contribution in [0.15, 0.2) is 24.3 Å². The Morgan fingerprint density at radius 1 is 1.13 bits per heavy atom. The monoisotopic (exact) mass is 660 g/mol. The van der Waals surface area contributed by atoms with Gasteiger partial charge >= 0.3 is 6.09 Å². The van der Waals surface area contributed by atoms with Crippen LogP contribution in [-0.4, -0.2) is 118 Å². The molecular weight excluding hydrogens is 612 g/mol. The molecule has 0 radical (unpaired) electrons. The Balaban J connectivity index is 1.78. The lowest BCUT2D eigenvalue weighted by Gasteiger charge is -2.52. The molecule has 12 nitrogen and oxygen atoms in total. The van der Waals surface area contributed by atoms with E-state index in [0.717, 1.165) is 18.5 Å². The highest BCUT2D eigenvalue weighted by molar-refractivity contribution is 6.30. The van der Waals surface area contributed by atoms with E-state index in [-0.39, 0.29) is 30.0 Å². The first-order chi connectivity index (χ1) is 21.8. The number of methoxy groups -OCH3 is 1. The van der Waals surface area contributed by atoms with Crippen LogP contribution >= 0.6 is 11.6 Å². The molecule has 2 aromatic rings. The molecule has 13 heteroatoms. The van der Waals surface area contributed by atoms with Crippen LogP contribution in [-0.2, 0) is 20.7 Å². The predicted molar refractivity (Wildman–Crippen MR) is 174 cm³/mol. The van der Waals surface area contributed by atoms with Crippen LogP contribution in [0.1, 0.15) is 70.1 Å². The molecular formula is C33H49ClN6O6. The molecule has 4 rings (SSSR count). The zero-order valence-electron chi connectivity index (χ0n) is 27.9. The lowest BCUT2D eigenvalue weighted by molar-refractivity contribution is -0.144. The number of unbranched alkanes of at least 4 members (excludes halogenated alkanes) is 1. The summed E-state index contributed by atoms with van der Waals surface area (Å²) in [4.78, 5) is 46.4. The number of benzene rings is 1. The third-order valence-electron chi connectivity index (χ3n) is 8.72. The summed E-state index contributed by atoms with van der Waals surface area (Å²) in [7, 11) is 1.66. The van der Waals surface area contributed by atoms with Crippen LogP contribution in [0.4, 0.5) is 4.79 Å². The Kier molecular flexibility index (Phi) is 12.1. The fourth-order valence-corrected chi connectivity index (χ4v) is 6.86. The fraction of sp³-hybridized carbons (Fsp3) is 0.667. The van der Waals surface area contributed by atoms with Gasteiger partial charge in [-0.05, 0) is 61.3 Å². The number of likely N-dealkylation sites (tertiary alicyclic amines) is 1. The number of morpholine rings is 1.